The summed E-state index contributed by atoms with van der Waals surface area (Å²) in [6.07, 6.45) is 0. The van der Waals surface area contributed by atoms with E-state index in [1.54, 1.807) is 18.2 Å². The number of nitriles is 1. The van der Waals surface area contributed by atoms with E-state index in [2.05, 4.69) is 27.3 Å². The molecule has 7 heteroatoms. The summed E-state index contributed by atoms with van der Waals surface area (Å²) >= 11 is 3.28. The molecule has 0 saturated heterocycles. The number of benzene rings is 1. The Hall–Kier alpha value is -2.33. The molecule has 0 radical (unpaired) electrons. The van der Waals surface area contributed by atoms with E-state index in [-0.39, 0.29) is 12.4 Å². The summed E-state index contributed by atoms with van der Waals surface area (Å²) < 4.78 is 5.82. The van der Waals surface area contributed by atoms with Crippen LogP contribution in [0.2, 0.25) is 0 Å². The van der Waals surface area contributed by atoms with Crippen LogP contribution in [0, 0.1) is 21.4 Å². The number of anilines is 1. The molecule has 0 atom stereocenters. The fourth-order valence-corrected chi connectivity index (χ4v) is 1.87. The van der Waals surface area contributed by atoms with Crippen molar-refractivity contribution in [2.24, 2.45) is 0 Å². The first-order chi connectivity index (χ1) is 9.10. The molecule has 0 aliphatic carbocycles. The molecule has 2 rings (SSSR count). The maximum Gasteiger partial charge on any atom is 0.433 e. The van der Waals surface area contributed by atoms with Gasteiger partial charge in [-0.2, -0.15) is 5.26 Å². The average molecular weight is 322 g/mol. The minimum Gasteiger partial charge on any atom is -0.404 e. The van der Waals surface area contributed by atoms with Crippen LogP contribution >= 0.6 is 15.9 Å². The molecule has 0 bridgehead atoms. The number of rotatable bonds is 4. The van der Waals surface area contributed by atoms with E-state index in [1.165, 1.54) is 12.1 Å². The van der Waals surface area contributed by atoms with E-state index in [9.17, 15) is 10.1 Å². The normalized spacial score (nSPS) is 9.89. The molecule has 19 heavy (non-hydrogen) atoms. The van der Waals surface area contributed by atoms with Gasteiger partial charge < -0.3 is 9.73 Å². The highest BCUT2D eigenvalue weighted by Crippen LogP contribution is 2.22. The van der Waals surface area contributed by atoms with Crippen molar-refractivity contribution in [3.8, 4) is 6.07 Å². The number of nitrogens with zero attached hydrogens (tertiary/aromatic N) is 2. The van der Waals surface area contributed by atoms with Gasteiger partial charge in [0, 0.05) is 4.47 Å². The van der Waals surface area contributed by atoms with Crippen LogP contribution < -0.4 is 5.32 Å². The van der Waals surface area contributed by atoms with Gasteiger partial charge in [0.25, 0.3) is 0 Å². The average Bonchev–Trinajstić information content (AvgIpc) is 2.86. The molecular weight excluding hydrogens is 314 g/mol. The number of nitro groups is 1. The topological polar surface area (TPSA) is 92.1 Å². The highest BCUT2D eigenvalue weighted by atomic mass is 79.9. The second kappa shape index (κ2) is 5.54. The van der Waals surface area contributed by atoms with Gasteiger partial charge in [-0.05, 0) is 24.3 Å². The number of nitrogens with one attached hydrogen (secondary N) is 1. The van der Waals surface area contributed by atoms with E-state index in [1.807, 2.05) is 0 Å². The summed E-state index contributed by atoms with van der Waals surface area (Å²) in [6, 6.07) is 10.1. The molecular formula is C12H8BrN3O3. The third kappa shape index (κ3) is 3.11. The standard InChI is InChI=1S/C12H8BrN3O3/c13-9-1-3-11(8(5-9)6-14)15-7-10-2-4-12(19-10)16(17)18/h1-5,15H,7H2. The van der Waals surface area contributed by atoms with E-state index < -0.39 is 4.92 Å². The van der Waals surface area contributed by atoms with Gasteiger partial charge >= 0.3 is 5.88 Å². The van der Waals surface area contributed by atoms with Crippen molar-refractivity contribution in [3.63, 3.8) is 0 Å². The predicted molar refractivity (Wildman–Crippen MR) is 71.5 cm³/mol. The summed E-state index contributed by atoms with van der Waals surface area (Å²) in [5, 5.41) is 22.5. The first-order valence-corrected chi connectivity index (χ1v) is 6.06. The van der Waals surface area contributed by atoms with Crippen LogP contribution in [0.4, 0.5) is 11.6 Å². The van der Waals surface area contributed by atoms with Crippen LogP contribution in [-0.2, 0) is 6.54 Å². The molecule has 0 saturated carbocycles. The lowest BCUT2D eigenvalue weighted by Crippen LogP contribution is -2.00. The number of hydrogen-bond acceptors (Lipinski definition) is 5. The molecule has 1 aromatic heterocycles. The lowest BCUT2D eigenvalue weighted by molar-refractivity contribution is -0.402. The number of halogens is 1. The molecule has 1 aromatic carbocycles. The summed E-state index contributed by atoms with van der Waals surface area (Å²) in [7, 11) is 0. The van der Waals surface area contributed by atoms with Crippen LogP contribution in [0.15, 0.2) is 39.2 Å². The second-order valence-electron chi connectivity index (χ2n) is 3.65. The van der Waals surface area contributed by atoms with Gasteiger partial charge in [0.2, 0.25) is 0 Å². The Labute approximate surface area is 116 Å². The van der Waals surface area contributed by atoms with Gasteiger partial charge in [-0.25, -0.2) is 0 Å². The Morgan fingerprint density at radius 3 is 2.84 bits per heavy atom. The smallest absolute Gasteiger partial charge is 0.404 e. The lowest BCUT2D eigenvalue weighted by atomic mass is 10.2. The molecule has 0 fully saturated rings. The van der Waals surface area contributed by atoms with Crippen molar-refractivity contribution in [3.05, 3.63) is 56.2 Å². The largest absolute Gasteiger partial charge is 0.433 e. The molecule has 0 aliphatic rings. The van der Waals surface area contributed by atoms with E-state index in [4.69, 9.17) is 9.68 Å². The van der Waals surface area contributed by atoms with Crippen LogP contribution in [0.1, 0.15) is 11.3 Å². The Bertz CT molecular complexity index is 660. The molecule has 0 amide bonds. The maximum atomic E-state index is 10.5. The first kappa shape index (κ1) is 13.1. The van der Waals surface area contributed by atoms with Crippen LogP contribution in [-0.4, -0.2) is 4.92 Å². The highest BCUT2D eigenvalue weighted by molar-refractivity contribution is 9.10. The van der Waals surface area contributed by atoms with Gasteiger partial charge in [0.15, 0.2) is 0 Å². The minimum absolute atomic E-state index is 0.268. The van der Waals surface area contributed by atoms with Crippen molar-refractivity contribution in [2.75, 3.05) is 5.32 Å². The molecule has 0 unspecified atom stereocenters. The van der Waals surface area contributed by atoms with Crippen molar-refractivity contribution >= 4 is 27.5 Å². The zero-order valence-corrected chi connectivity index (χ0v) is 11.2. The zero-order valence-electron chi connectivity index (χ0n) is 9.59. The Balaban J connectivity index is 2.10. The molecule has 1 heterocycles. The number of hydrogen-bond donors (Lipinski definition) is 1. The minimum atomic E-state index is -0.593. The first-order valence-electron chi connectivity index (χ1n) is 5.27. The second-order valence-corrected chi connectivity index (χ2v) is 4.57. The monoisotopic (exact) mass is 321 g/mol. The van der Waals surface area contributed by atoms with Gasteiger partial charge in [0.05, 0.1) is 23.9 Å². The van der Waals surface area contributed by atoms with E-state index in [0.717, 1.165) is 4.47 Å². The van der Waals surface area contributed by atoms with Crippen LogP contribution in [0.5, 0.6) is 0 Å². The molecule has 96 valence electrons. The lowest BCUT2D eigenvalue weighted by Gasteiger charge is -2.06. The Kier molecular flexibility index (Phi) is 3.82. The summed E-state index contributed by atoms with van der Waals surface area (Å²) in [5.74, 6) is 0.131. The quantitative estimate of drug-likeness (QED) is 0.687. The van der Waals surface area contributed by atoms with Crippen molar-refractivity contribution in [1.82, 2.24) is 0 Å². The van der Waals surface area contributed by atoms with Gasteiger partial charge in [0.1, 0.15) is 16.8 Å². The Morgan fingerprint density at radius 2 is 2.21 bits per heavy atom. The third-order valence-corrected chi connectivity index (χ3v) is 2.88. The maximum absolute atomic E-state index is 10.5. The Morgan fingerprint density at radius 1 is 1.42 bits per heavy atom. The molecule has 0 spiro atoms. The number of furan rings is 1. The van der Waals surface area contributed by atoms with Crippen molar-refractivity contribution in [1.29, 1.82) is 5.26 Å². The van der Waals surface area contributed by atoms with E-state index >= 15 is 0 Å². The van der Waals surface area contributed by atoms with Crippen LogP contribution in [0.25, 0.3) is 0 Å². The third-order valence-electron chi connectivity index (χ3n) is 2.38. The molecule has 2 aromatic rings. The molecule has 6 nitrogen and oxygen atoms in total. The molecule has 0 aliphatic heterocycles. The van der Waals surface area contributed by atoms with Crippen molar-refractivity contribution < 1.29 is 9.34 Å². The molecule has 1 N–H and O–H groups in total. The van der Waals surface area contributed by atoms with Crippen LogP contribution in [0.3, 0.4) is 0 Å². The van der Waals surface area contributed by atoms with Gasteiger partial charge in [-0.15, -0.1) is 0 Å². The fraction of sp³-hybridized carbons (Fsp3) is 0.0833. The SMILES string of the molecule is N#Cc1cc(Br)ccc1NCc1ccc([N+](=O)[O-])o1. The summed E-state index contributed by atoms with van der Waals surface area (Å²) in [6.45, 7) is 0.268. The summed E-state index contributed by atoms with van der Waals surface area (Å²) in [4.78, 5) is 9.88. The predicted octanol–water partition coefficient (Wildman–Crippen LogP) is 3.43. The van der Waals surface area contributed by atoms with Gasteiger partial charge in [-0.3, -0.25) is 10.1 Å². The fourth-order valence-electron chi connectivity index (χ4n) is 1.51. The van der Waals surface area contributed by atoms with E-state index in [0.29, 0.717) is 17.0 Å². The van der Waals surface area contributed by atoms with Gasteiger partial charge in [-0.1, -0.05) is 15.9 Å². The zero-order chi connectivity index (χ0) is 13.8. The highest BCUT2D eigenvalue weighted by Gasteiger charge is 2.11. The summed E-state index contributed by atoms with van der Waals surface area (Å²) in [5.41, 5.74) is 1.13. The van der Waals surface area contributed by atoms with Crippen molar-refractivity contribution in [2.45, 2.75) is 6.54 Å².